The first-order chi connectivity index (χ1) is 8.63. The Bertz CT molecular complexity index is 720. The van der Waals surface area contributed by atoms with Gasteiger partial charge in [0, 0.05) is 17.7 Å². The first-order valence-corrected chi connectivity index (χ1v) is 6.51. The molecule has 0 atom stereocenters. The predicted octanol–water partition coefficient (Wildman–Crippen LogP) is 3.13. The molecule has 0 radical (unpaired) electrons. The lowest BCUT2D eigenvalue weighted by molar-refractivity contribution is -0.384. The number of benzene rings is 1. The number of nitro benzene ring substituents is 1. The molecule has 8 heteroatoms. The summed E-state index contributed by atoms with van der Waals surface area (Å²) in [7, 11) is 0. The fraction of sp³-hybridized carbons (Fsp3) is 0. The Kier molecular flexibility index (Phi) is 2.60. The maximum atomic E-state index is 10.7. The maximum absolute atomic E-state index is 10.7. The molecule has 0 aliphatic rings. The third kappa shape index (κ3) is 1.89. The number of aromatic nitrogens is 3. The zero-order chi connectivity index (χ0) is 12.7. The molecule has 90 valence electrons. The van der Waals surface area contributed by atoms with Gasteiger partial charge in [0.25, 0.3) is 5.69 Å². The molecule has 0 fully saturated rings. The van der Waals surface area contributed by atoms with Crippen molar-refractivity contribution in [2.75, 3.05) is 0 Å². The van der Waals surface area contributed by atoms with Gasteiger partial charge in [0.15, 0.2) is 3.92 Å². The van der Waals surface area contributed by atoms with Crippen molar-refractivity contribution in [3.05, 3.63) is 44.5 Å². The molecule has 18 heavy (non-hydrogen) atoms. The molecule has 3 aromatic rings. The Hall–Kier alpha value is -1.80. The monoisotopic (exact) mass is 324 g/mol. The van der Waals surface area contributed by atoms with Gasteiger partial charge >= 0.3 is 0 Å². The van der Waals surface area contributed by atoms with E-state index < -0.39 is 4.92 Å². The van der Waals surface area contributed by atoms with Crippen molar-refractivity contribution in [1.82, 2.24) is 14.6 Å². The number of rotatable bonds is 2. The van der Waals surface area contributed by atoms with E-state index >= 15 is 0 Å². The quantitative estimate of drug-likeness (QED) is 0.536. The van der Waals surface area contributed by atoms with E-state index in [4.69, 9.17) is 0 Å². The number of non-ortho nitro benzene ring substituents is 1. The smallest absolute Gasteiger partial charge is 0.258 e. The third-order valence-electron chi connectivity index (χ3n) is 2.37. The molecule has 6 nitrogen and oxygen atoms in total. The normalized spacial score (nSPS) is 10.9. The highest BCUT2D eigenvalue weighted by atomic mass is 79.9. The van der Waals surface area contributed by atoms with Crippen LogP contribution in [-0.4, -0.2) is 19.5 Å². The largest absolute Gasteiger partial charge is 0.270 e. The van der Waals surface area contributed by atoms with Gasteiger partial charge in [-0.05, 0) is 15.9 Å². The van der Waals surface area contributed by atoms with E-state index in [-0.39, 0.29) is 5.69 Å². The van der Waals surface area contributed by atoms with Crippen LogP contribution in [-0.2, 0) is 0 Å². The topological polar surface area (TPSA) is 73.3 Å². The summed E-state index contributed by atoms with van der Waals surface area (Å²) in [5, 5.41) is 14.9. The molecule has 0 saturated carbocycles. The van der Waals surface area contributed by atoms with E-state index in [9.17, 15) is 10.1 Å². The van der Waals surface area contributed by atoms with Crippen LogP contribution in [0.15, 0.2) is 34.4 Å². The van der Waals surface area contributed by atoms with E-state index in [0.717, 1.165) is 8.88 Å². The first kappa shape index (κ1) is 11.3. The molecule has 0 unspecified atom stereocenters. The number of nitrogens with zero attached hydrogens (tertiary/aromatic N) is 4. The van der Waals surface area contributed by atoms with Gasteiger partial charge in [0.2, 0.25) is 4.96 Å². The van der Waals surface area contributed by atoms with Gasteiger partial charge in [-0.2, -0.15) is 0 Å². The number of halogens is 1. The summed E-state index contributed by atoms with van der Waals surface area (Å²) < 4.78 is 2.39. The zero-order valence-electron chi connectivity index (χ0n) is 8.78. The number of imidazole rings is 1. The summed E-state index contributed by atoms with van der Waals surface area (Å²) in [4.78, 5) is 15.4. The standard InChI is InChI=1S/C10H5BrN4O2S/c11-9-13-14-5-8(12-10(14)18-9)6-2-1-3-7(4-6)15(16)17/h1-5H. The van der Waals surface area contributed by atoms with Crippen LogP contribution in [0, 0.1) is 10.1 Å². The number of hydrogen-bond acceptors (Lipinski definition) is 5. The minimum atomic E-state index is -0.420. The lowest BCUT2D eigenvalue weighted by Crippen LogP contribution is -1.88. The van der Waals surface area contributed by atoms with E-state index in [2.05, 4.69) is 26.0 Å². The second-order valence-electron chi connectivity index (χ2n) is 3.52. The Balaban J connectivity index is 2.10. The molecule has 0 bridgehead atoms. The van der Waals surface area contributed by atoms with Gasteiger partial charge in [-0.15, -0.1) is 5.10 Å². The van der Waals surface area contributed by atoms with Crippen LogP contribution in [0.25, 0.3) is 16.2 Å². The van der Waals surface area contributed by atoms with Crippen molar-refractivity contribution in [2.24, 2.45) is 0 Å². The van der Waals surface area contributed by atoms with Crippen LogP contribution in [0.5, 0.6) is 0 Å². The van der Waals surface area contributed by atoms with Crippen LogP contribution >= 0.6 is 27.3 Å². The van der Waals surface area contributed by atoms with Gasteiger partial charge in [0.05, 0.1) is 16.8 Å². The van der Waals surface area contributed by atoms with E-state index in [1.165, 1.54) is 23.5 Å². The van der Waals surface area contributed by atoms with Gasteiger partial charge in [-0.1, -0.05) is 23.5 Å². The van der Waals surface area contributed by atoms with Crippen molar-refractivity contribution in [1.29, 1.82) is 0 Å². The molecular formula is C10H5BrN4O2S. The summed E-state index contributed by atoms with van der Waals surface area (Å²) >= 11 is 4.67. The van der Waals surface area contributed by atoms with Gasteiger partial charge in [-0.3, -0.25) is 10.1 Å². The maximum Gasteiger partial charge on any atom is 0.270 e. The molecule has 2 heterocycles. The third-order valence-corrected chi connectivity index (χ3v) is 3.73. The molecule has 3 rings (SSSR count). The van der Waals surface area contributed by atoms with E-state index in [1.807, 2.05) is 0 Å². The average molecular weight is 325 g/mol. The molecule has 1 aromatic carbocycles. The number of hydrogen-bond donors (Lipinski definition) is 0. The molecule has 0 aliphatic carbocycles. The lowest BCUT2D eigenvalue weighted by Gasteiger charge is -1.95. The molecule has 0 saturated heterocycles. The predicted molar refractivity (Wildman–Crippen MR) is 70.7 cm³/mol. The summed E-state index contributed by atoms with van der Waals surface area (Å²) in [6.45, 7) is 0. The van der Waals surface area contributed by atoms with Crippen LogP contribution in [0.3, 0.4) is 0 Å². The fourth-order valence-electron chi connectivity index (χ4n) is 1.59. The number of nitro groups is 1. The highest BCUT2D eigenvalue weighted by molar-refractivity contribution is 9.11. The molecule has 0 N–H and O–H groups in total. The first-order valence-electron chi connectivity index (χ1n) is 4.90. The molecule has 0 spiro atoms. The summed E-state index contributed by atoms with van der Waals surface area (Å²) in [6, 6.07) is 6.39. The molecular weight excluding hydrogens is 320 g/mol. The van der Waals surface area contributed by atoms with Crippen molar-refractivity contribution >= 4 is 37.9 Å². The minimum Gasteiger partial charge on any atom is -0.258 e. The fourth-order valence-corrected chi connectivity index (χ4v) is 2.81. The van der Waals surface area contributed by atoms with Crippen LogP contribution in [0.4, 0.5) is 5.69 Å². The van der Waals surface area contributed by atoms with Crippen molar-refractivity contribution in [3.63, 3.8) is 0 Å². The Morgan fingerprint density at radius 2 is 2.28 bits per heavy atom. The second-order valence-corrected chi connectivity index (χ2v) is 5.75. The van der Waals surface area contributed by atoms with Crippen LogP contribution in [0.1, 0.15) is 0 Å². The highest BCUT2D eigenvalue weighted by Crippen LogP contribution is 2.26. The zero-order valence-corrected chi connectivity index (χ0v) is 11.2. The van der Waals surface area contributed by atoms with Gasteiger partial charge in [-0.25, -0.2) is 9.50 Å². The Morgan fingerprint density at radius 1 is 1.44 bits per heavy atom. The highest BCUT2D eigenvalue weighted by Gasteiger charge is 2.11. The minimum absolute atomic E-state index is 0.0537. The lowest BCUT2D eigenvalue weighted by atomic mass is 10.1. The summed E-state index contributed by atoms with van der Waals surface area (Å²) in [6.07, 6.45) is 1.75. The van der Waals surface area contributed by atoms with Gasteiger partial charge < -0.3 is 0 Å². The second kappa shape index (κ2) is 4.14. The van der Waals surface area contributed by atoms with Gasteiger partial charge in [0.1, 0.15) is 0 Å². The van der Waals surface area contributed by atoms with Crippen molar-refractivity contribution in [3.8, 4) is 11.3 Å². The molecule has 0 amide bonds. The van der Waals surface area contributed by atoms with E-state index in [0.29, 0.717) is 11.3 Å². The Morgan fingerprint density at radius 3 is 3.00 bits per heavy atom. The molecule has 2 aromatic heterocycles. The van der Waals surface area contributed by atoms with E-state index in [1.54, 1.807) is 22.8 Å². The number of fused-ring (bicyclic) bond motifs is 1. The van der Waals surface area contributed by atoms with Crippen LogP contribution in [0.2, 0.25) is 0 Å². The average Bonchev–Trinajstić information content (AvgIpc) is 2.86. The van der Waals surface area contributed by atoms with Crippen LogP contribution < -0.4 is 0 Å². The summed E-state index contributed by atoms with van der Waals surface area (Å²) in [5.41, 5.74) is 1.43. The Labute approximate surface area is 113 Å². The molecule has 0 aliphatic heterocycles. The van der Waals surface area contributed by atoms with Crippen molar-refractivity contribution < 1.29 is 4.92 Å². The van der Waals surface area contributed by atoms with Crippen molar-refractivity contribution in [2.45, 2.75) is 0 Å². The SMILES string of the molecule is O=[N+]([O-])c1cccc(-c2cn3nc(Br)sc3n2)c1. The summed E-state index contributed by atoms with van der Waals surface area (Å²) in [5.74, 6) is 0.